The van der Waals surface area contributed by atoms with E-state index < -0.39 is 0 Å². The lowest BCUT2D eigenvalue weighted by molar-refractivity contribution is -0.131. The van der Waals surface area contributed by atoms with Gasteiger partial charge in [0.15, 0.2) is 0 Å². The van der Waals surface area contributed by atoms with E-state index in [1.54, 1.807) is 12.1 Å². The van der Waals surface area contributed by atoms with Crippen molar-refractivity contribution in [2.75, 3.05) is 11.4 Å². The van der Waals surface area contributed by atoms with E-state index in [9.17, 15) is 9.59 Å². The minimum Gasteiger partial charge on any atom is -0.427 e. The third kappa shape index (κ3) is 4.21. The minimum absolute atomic E-state index is 0.0381. The van der Waals surface area contributed by atoms with Gasteiger partial charge in [0.05, 0.1) is 0 Å². The summed E-state index contributed by atoms with van der Waals surface area (Å²) in [4.78, 5) is 26.1. The Morgan fingerprint density at radius 2 is 1.48 bits per heavy atom. The van der Waals surface area contributed by atoms with E-state index >= 15 is 0 Å². The highest BCUT2D eigenvalue weighted by Gasteiger charge is 2.22. The molecule has 0 spiro atoms. The summed E-state index contributed by atoms with van der Waals surface area (Å²) in [6.07, 6.45) is 3.12. The molecule has 0 aliphatic carbocycles. The van der Waals surface area contributed by atoms with Gasteiger partial charge in [-0.05, 0) is 66.3 Å². The maximum absolute atomic E-state index is 13.2. The number of nitrogens with zero attached hydrogens (tertiary/aromatic N) is 1. The van der Waals surface area contributed by atoms with Gasteiger partial charge in [0, 0.05) is 24.7 Å². The fourth-order valence-corrected chi connectivity index (χ4v) is 3.74. The van der Waals surface area contributed by atoms with Gasteiger partial charge in [0.1, 0.15) is 5.75 Å². The lowest BCUT2D eigenvalue weighted by atomic mass is 10.0. The molecule has 3 aromatic carbocycles. The normalized spacial score (nSPS) is 13.3. The summed E-state index contributed by atoms with van der Waals surface area (Å²) in [5, 5.41) is 0. The fraction of sp³-hybridized carbons (Fsp3) is 0.200. The zero-order valence-corrected chi connectivity index (χ0v) is 16.4. The summed E-state index contributed by atoms with van der Waals surface area (Å²) in [7, 11) is 0. The standard InChI is InChI=1S/C25H23NO3/c1-18(27)29-23-15-13-20(14-16-23)19-9-11-22(12-10-19)25(28)26-17-5-4-7-21-6-2-3-8-24(21)26/h2-3,6,8-16H,4-5,7,17H2,1H3. The van der Waals surface area contributed by atoms with Crippen LogP contribution in [0.2, 0.25) is 0 Å². The summed E-state index contributed by atoms with van der Waals surface area (Å²) in [6, 6.07) is 23.2. The number of carbonyl (C=O) groups excluding carboxylic acids is 2. The van der Waals surface area contributed by atoms with Crippen molar-refractivity contribution in [2.24, 2.45) is 0 Å². The van der Waals surface area contributed by atoms with E-state index in [4.69, 9.17) is 4.74 Å². The molecule has 0 unspecified atom stereocenters. The van der Waals surface area contributed by atoms with Crippen LogP contribution in [0.25, 0.3) is 11.1 Å². The van der Waals surface area contributed by atoms with Gasteiger partial charge in [-0.1, -0.05) is 42.5 Å². The highest BCUT2D eigenvalue weighted by Crippen LogP contribution is 2.28. The van der Waals surface area contributed by atoms with E-state index in [2.05, 4.69) is 6.07 Å². The van der Waals surface area contributed by atoms with Crippen molar-refractivity contribution in [3.63, 3.8) is 0 Å². The molecule has 3 aromatic rings. The number of hydrogen-bond acceptors (Lipinski definition) is 3. The number of fused-ring (bicyclic) bond motifs is 1. The largest absolute Gasteiger partial charge is 0.427 e. The van der Waals surface area contributed by atoms with Crippen LogP contribution in [0, 0.1) is 0 Å². The van der Waals surface area contributed by atoms with E-state index in [1.807, 2.05) is 59.5 Å². The molecule has 1 heterocycles. The monoisotopic (exact) mass is 385 g/mol. The molecule has 1 aliphatic rings. The number of para-hydroxylation sites is 1. The second-order valence-corrected chi connectivity index (χ2v) is 7.24. The van der Waals surface area contributed by atoms with Crippen LogP contribution in [0.3, 0.4) is 0 Å². The number of anilines is 1. The van der Waals surface area contributed by atoms with Gasteiger partial charge < -0.3 is 9.64 Å². The van der Waals surface area contributed by atoms with Crippen molar-refractivity contribution in [2.45, 2.75) is 26.2 Å². The molecular weight excluding hydrogens is 362 g/mol. The number of hydrogen-bond donors (Lipinski definition) is 0. The average Bonchev–Trinajstić information content (AvgIpc) is 2.96. The van der Waals surface area contributed by atoms with E-state index in [1.165, 1.54) is 12.5 Å². The summed E-state index contributed by atoms with van der Waals surface area (Å²) in [5.74, 6) is 0.222. The van der Waals surface area contributed by atoms with Crippen molar-refractivity contribution in [3.8, 4) is 16.9 Å². The van der Waals surface area contributed by atoms with Gasteiger partial charge in [-0.25, -0.2) is 0 Å². The van der Waals surface area contributed by atoms with Gasteiger partial charge in [0.25, 0.3) is 5.91 Å². The van der Waals surface area contributed by atoms with Crippen LogP contribution in [0.1, 0.15) is 35.7 Å². The van der Waals surface area contributed by atoms with Gasteiger partial charge in [-0.3, -0.25) is 9.59 Å². The molecule has 4 heteroatoms. The minimum atomic E-state index is -0.337. The van der Waals surface area contributed by atoms with Crippen LogP contribution in [0.4, 0.5) is 5.69 Å². The molecule has 0 N–H and O–H groups in total. The maximum atomic E-state index is 13.2. The summed E-state index contributed by atoms with van der Waals surface area (Å²) in [5.41, 5.74) is 4.96. The van der Waals surface area contributed by atoms with Crippen LogP contribution < -0.4 is 9.64 Å². The van der Waals surface area contributed by atoms with E-state index in [0.717, 1.165) is 42.6 Å². The number of carbonyl (C=O) groups is 2. The van der Waals surface area contributed by atoms with Crippen LogP contribution >= 0.6 is 0 Å². The molecule has 0 atom stereocenters. The Morgan fingerprint density at radius 3 is 2.17 bits per heavy atom. The summed E-state index contributed by atoms with van der Waals surface area (Å²) in [6.45, 7) is 2.13. The Bertz CT molecular complexity index is 1020. The molecule has 4 nitrogen and oxygen atoms in total. The Labute approximate surface area is 170 Å². The summed E-state index contributed by atoms with van der Waals surface area (Å²) < 4.78 is 5.07. The second kappa shape index (κ2) is 8.31. The van der Waals surface area contributed by atoms with Gasteiger partial charge in [-0.15, -0.1) is 0 Å². The third-order valence-electron chi connectivity index (χ3n) is 5.19. The first-order valence-corrected chi connectivity index (χ1v) is 9.90. The Morgan fingerprint density at radius 1 is 0.828 bits per heavy atom. The SMILES string of the molecule is CC(=O)Oc1ccc(-c2ccc(C(=O)N3CCCCc4ccccc43)cc2)cc1. The van der Waals surface area contributed by atoms with Crippen LogP contribution in [-0.2, 0) is 11.2 Å². The van der Waals surface area contributed by atoms with Crippen molar-refractivity contribution in [1.82, 2.24) is 0 Å². The Kier molecular flexibility index (Phi) is 5.43. The Hall–Kier alpha value is -3.40. The number of aryl methyl sites for hydroxylation is 1. The number of esters is 1. The summed E-state index contributed by atoms with van der Waals surface area (Å²) >= 11 is 0. The quantitative estimate of drug-likeness (QED) is 0.456. The van der Waals surface area contributed by atoms with Gasteiger partial charge >= 0.3 is 5.97 Å². The molecule has 1 aliphatic heterocycles. The second-order valence-electron chi connectivity index (χ2n) is 7.24. The van der Waals surface area contributed by atoms with Crippen LogP contribution in [0.5, 0.6) is 5.75 Å². The molecule has 0 bridgehead atoms. The van der Waals surface area contributed by atoms with Crippen LogP contribution in [0.15, 0.2) is 72.8 Å². The van der Waals surface area contributed by atoms with Crippen molar-refractivity contribution in [1.29, 1.82) is 0 Å². The first kappa shape index (κ1) is 18.9. The molecule has 0 fully saturated rings. The first-order valence-electron chi connectivity index (χ1n) is 9.90. The smallest absolute Gasteiger partial charge is 0.308 e. The van der Waals surface area contributed by atoms with Gasteiger partial charge in [0.2, 0.25) is 0 Å². The van der Waals surface area contributed by atoms with E-state index in [0.29, 0.717) is 11.3 Å². The number of ether oxygens (including phenoxy) is 1. The van der Waals surface area contributed by atoms with E-state index in [-0.39, 0.29) is 11.9 Å². The van der Waals surface area contributed by atoms with Crippen molar-refractivity contribution in [3.05, 3.63) is 83.9 Å². The maximum Gasteiger partial charge on any atom is 0.308 e. The molecular formula is C25H23NO3. The number of amides is 1. The highest BCUT2D eigenvalue weighted by molar-refractivity contribution is 6.06. The number of rotatable bonds is 3. The molecule has 0 aromatic heterocycles. The Balaban J connectivity index is 1.55. The number of benzene rings is 3. The molecule has 1 amide bonds. The highest BCUT2D eigenvalue weighted by atomic mass is 16.5. The lowest BCUT2D eigenvalue weighted by Crippen LogP contribution is -2.31. The molecule has 0 saturated carbocycles. The van der Waals surface area contributed by atoms with Crippen LogP contribution in [-0.4, -0.2) is 18.4 Å². The average molecular weight is 385 g/mol. The predicted octanol–water partition coefficient (Wildman–Crippen LogP) is 5.26. The topological polar surface area (TPSA) is 46.6 Å². The fourth-order valence-electron chi connectivity index (χ4n) is 3.74. The molecule has 4 rings (SSSR count). The van der Waals surface area contributed by atoms with Gasteiger partial charge in [-0.2, -0.15) is 0 Å². The molecule has 29 heavy (non-hydrogen) atoms. The molecule has 0 radical (unpaired) electrons. The lowest BCUT2D eigenvalue weighted by Gasteiger charge is -2.23. The van der Waals surface area contributed by atoms with Crippen molar-refractivity contribution < 1.29 is 14.3 Å². The molecule has 0 saturated heterocycles. The molecule has 146 valence electrons. The first-order chi connectivity index (χ1) is 14.1. The zero-order valence-electron chi connectivity index (χ0n) is 16.4. The third-order valence-corrected chi connectivity index (χ3v) is 5.19. The zero-order chi connectivity index (χ0) is 20.2. The predicted molar refractivity (Wildman–Crippen MR) is 114 cm³/mol. The van der Waals surface area contributed by atoms with Crippen molar-refractivity contribution >= 4 is 17.6 Å².